The third kappa shape index (κ3) is 4.20. The molecule has 1 rings (SSSR count). The molecule has 0 aromatic heterocycles. The van der Waals surface area contributed by atoms with Gasteiger partial charge in [0.05, 0.1) is 12.5 Å². The summed E-state index contributed by atoms with van der Waals surface area (Å²) in [6.45, 7) is 7.66. The SMILES string of the molecule is CCC(C)(C)COC(=O)[C@H]1CCCN(C(N)=O)C1. The Balaban J connectivity index is 2.44. The number of nitrogens with zero attached hydrogens (tertiary/aromatic N) is 1. The number of hydrogen-bond acceptors (Lipinski definition) is 3. The molecule has 0 aromatic carbocycles. The molecule has 1 fully saturated rings. The van der Waals surface area contributed by atoms with Crippen LogP contribution in [0, 0.1) is 11.3 Å². The molecule has 1 atom stereocenters. The highest BCUT2D eigenvalue weighted by atomic mass is 16.5. The average Bonchev–Trinajstić information content (AvgIpc) is 2.36. The van der Waals surface area contributed by atoms with E-state index in [1.807, 2.05) is 0 Å². The van der Waals surface area contributed by atoms with Crippen LogP contribution in [0.4, 0.5) is 4.79 Å². The van der Waals surface area contributed by atoms with Gasteiger partial charge in [0.15, 0.2) is 0 Å². The van der Waals surface area contributed by atoms with Crippen molar-refractivity contribution in [3.63, 3.8) is 0 Å². The molecule has 5 nitrogen and oxygen atoms in total. The van der Waals surface area contributed by atoms with E-state index in [0.29, 0.717) is 19.7 Å². The number of primary amides is 1. The van der Waals surface area contributed by atoms with Gasteiger partial charge in [-0.05, 0) is 24.7 Å². The Morgan fingerprint density at radius 2 is 2.11 bits per heavy atom. The second kappa shape index (κ2) is 6.07. The lowest BCUT2D eigenvalue weighted by atomic mass is 9.91. The van der Waals surface area contributed by atoms with E-state index in [4.69, 9.17) is 10.5 Å². The first-order chi connectivity index (χ1) is 8.35. The van der Waals surface area contributed by atoms with Gasteiger partial charge < -0.3 is 15.4 Å². The van der Waals surface area contributed by atoms with Gasteiger partial charge in [0.25, 0.3) is 0 Å². The van der Waals surface area contributed by atoms with Crippen LogP contribution in [0.3, 0.4) is 0 Å². The van der Waals surface area contributed by atoms with Crippen molar-refractivity contribution in [2.24, 2.45) is 17.1 Å². The summed E-state index contributed by atoms with van der Waals surface area (Å²) in [6, 6.07) is -0.457. The highest BCUT2D eigenvalue weighted by molar-refractivity contribution is 5.76. The number of nitrogens with two attached hydrogens (primary N) is 1. The van der Waals surface area contributed by atoms with Gasteiger partial charge >= 0.3 is 12.0 Å². The minimum Gasteiger partial charge on any atom is -0.465 e. The number of amides is 2. The third-order valence-corrected chi connectivity index (χ3v) is 3.63. The number of rotatable bonds is 4. The Labute approximate surface area is 109 Å². The fourth-order valence-corrected chi connectivity index (χ4v) is 1.86. The Morgan fingerprint density at radius 3 is 2.67 bits per heavy atom. The number of carbonyl (C=O) groups excluding carboxylic acids is 2. The molecule has 2 N–H and O–H groups in total. The van der Waals surface area contributed by atoms with Crippen LogP contribution in [0.1, 0.15) is 40.0 Å². The zero-order valence-corrected chi connectivity index (χ0v) is 11.6. The molecule has 1 saturated heterocycles. The van der Waals surface area contributed by atoms with Crippen LogP contribution in [0.15, 0.2) is 0 Å². The van der Waals surface area contributed by atoms with Crippen LogP contribution < -0.4 is 5.73 Å². The first-order valence-corrected chi connectivity index (χ1v) is 6.57. The maximum Gasteiger partial charge on any atom is 0.314 e. The molecule has 104 valence electrons. The Morgan fingerprint density at radius 1 is 1.44 bits per heavy atom. The normalized spacial score (nSPS) is 20.6. The predicted octanol–water partition coefficient (Wildman–Crippen LogP) is 1.76. The van der Waals surface area contributed by atoms with E-state index in [0.717, 1.165) is 19.3 Å². The van der Waals surface area contributed by atoms with Crippen LogP contribution in [0.2, 0.25) is 0 Å². The third-order valence-electron chi connectivity index (χ3n) is 3.63. The fourth-order valence-electron chi connectivity index (χ4n) is 1.86. The van der Waals surface area contributed by atoms with Crippen molar-refractivity contribution in [3.05, 3.63) is 0 Å². The predicted molar refractivity (Wildman–Crippen MR) is 68.9 cm³/mol. The maximum absolute atomic E-state index is 11.9. The van der Waals surface area contributed by atoms with E-state index >= 15 is 0 Å². The zero-order valence-electron chi connectivity index (χ0n) is 11.6. The number of likely N-dealkylation sites (tertiary alicyclic amines) is 1. The minimum atomic E-state index is -0.457. The van der Waals surface area contributed by atoms with Crippen LogP contribution in [0.25, 0.3) is 0 Å². The Bertz CT molecular complexity index is 315. The van der Waals surface area contributed by atoms with Crippen molar-refractivity contribution in [2.45, 2.75) is 40.0 Å². The summed E-state index contributed by atoms with van der Waals surface area (Å²) in [5, 5.41) is 0. The van der Waals surface area contributed by atoms with E-state index in [9.17, 15) is 9.59 Å². The molecule has 1 heterocycles. The molecule has 1 aliphatic heterocycles. The summed E-state index contributed by atoms with van der Waals surface area (Å²) in [5.41, 5.74) is 5.24. The van der Waals surface area contributed by atoms with Crippen LogP contribution >= 0.6 is 0 Å². The molecule has 0 spiro atoms. The zero-order chi connectivity index (χ0) is 13.8. The molecule has 2 amide bonds. The van der Waals surface area contributed by atoms with Gasteiger partial charge in [-0.1, -0.05) is 20.8 Å². The minimum absolute atomic E-state index is 0.00764. The van der Waals surface area contributed by atoms with Gasteiger partial charge in [0, 0.05) is 13.1 Å². The Kier molecular flexibility index (Phi) is 4.99. The molecular weight excluding hydrogens is 232 g/mol. The van der Waals surface area contributed by atoms with Crippen molar-refractivity contribution in [1.82, 2.24) is 4.90 Å². The van der Waals surface area contributed by atoms with Gasteiger partial charge in [-0.2, -0.15) is 0 Å². The summed E-state index contributed by atoms with van der Waals surface area (Å²) >= 11 is 0. The number of carbonyl (C=O) groups is 2. The molecule has 0 aliphatic carbocycles. The summed E-state index contributed by atoms with van der Waals surface area (Å²) in [7, 11) is 0. The fraction of sp³-hybridized carbons (Fsp3) is 0.846. The molecular formula is C13H24N2O3. The molecule has 1 aliphatic rings. The van der Waals surface area contributed by atoms with Crippen LogP contribution in [-0.2, 0) is 9.53 Å². The standard InChI is InChI=1S/C13H24N2O3/c1-4-13(2,3)9-18-11(16)10-6-5-7-15(8-10)12(14)17/h10H,4-9H2,1-3H3,(H2,14,17)/t10-/m0/s1. The molecule has 0 saturated carbocycles. The Hall–Kier alpha value is -1.26. The first kappa shape index (κ1) is 14.8. The number of esters is 1. The molecule has 0 unspecified atom stereocenters. The van der Waals surface area contributed by atoms with Gasteiger partial charge in [0.1, 0.15) is 0 Å². The van der Waals surface area contributed by atoms with Gasteiger partial charge in [-0.25, -0.2) is 4.79 Å². The second-order valence-corrected chi connectivity index (χ2v) is 5.75. The highest BCUT2D eigenvalue weighted by Gasteiger charge is 2.29. The van der Waals surface area contributed by atoms with E-state index in [-0.39, 0.29) is 17.3 Å². The maximum atomic E-state index is 11.9. The summed E-state index contributed by atoms with van der Waals surface area (Å²) in [5.74, 6) is -0.429. The van der Waals surface area contributed by atoms with Crippen molar-refractivity contribution in [1.29, 1.82) is 0 Å². The van der Waals surface area contributed by atoms with Crippen LogP contribution in [-0.4, -0.2) is 36.6 Å². The van der Waals surface area contributed by atoms with Gasteiger partial charge in [-0.15, -0.1) is 0 Å². The van der Waals surface area contributed by atoms with Gasteiger partial charge in [-0.3, -0.25) is 4.79 Å². The van der Waals surface area contributed by atoms with Crippen molar-refractivity contribution >= 4 is 12.0 Å². The average molecular weight is 256 g/mol. The summed E-state index contributed by atoms with van der Waals surface area (Å²) < 4.78 is 5.35. The van der Waals surface area contributed by atoms with E-state index in [1.165, 1.54) is 4.90 Å². The quantitative estimate of drug-likeness (QED) is 0.779. The lowest BCUT2D eigenvalue weighted by molar-refractivity contribution is -0.153. The number of ether oxygens (including phenoxy) is 1. The lowest BCUT2D eigenvalue weighted by Crippen LogP contribution is -2.45. The lowest BCUT2D eigenvalue weighted by Gasteiger charge is -2.31. The molecule has 0 aromatic rings. The number of piperidine rings is 1. The topological polar surface area (TPSA) is 72.6 Å². The van der Waals surface area contributed by atoms with Crippen molar-refractivity contribution in [3.8, 4) is 0 Å². The van der Waals surface area contributed by atoms with E-state index in [1.54, 1.807) is 0 Å². The smallest absolute Gasteiger partial charge is 0.314 e. The molecule has 5 heteroatoms. The highest BCUT2D eigenvalue weighted by Crippen LogP contribution is 2.22. The van der Waals surface area contributed by atoms with Crippen molar-refractivity contribution in [2.75, 3.05) is 19.7 Å². The van der Waals surface area contributed by atoms with Gasteiger partial charge in [0.2, 0.25) is 0 Å². The number of hydrogen-bond donors (Lipinski definition) is 1. The summed E-state index contributed by atoms with van der Waals surface area (Å²) in [6.07, 6.45) is 2.54. The molecule has 0 bridgehead atoms. The number of urea groups is 1. The largest absolute Gasteiger partial charge is 0.465 e. The molecule has 0 radical (unpaired) electrons. The van der Waals surface area contributed by atoms with E-state index < -0.39 is 6.03 Å². The first-order valence-electron chi connectivity index (χ1n) is 6.57. The van der Waals surface area contributed by atoms with Crippen molar-refractivity contribution < 1.29 is 14.3 Å². The van der Waals surface area contributed by atoms with E-state index in [2.05, 4.69) is 20.8 Å². The summed E-state index contributed by atoms with van der Waals surface area (Å²) in [4.78, 5) is 24.5. The monoisotopic (exact) mass is 256 g/mol. The van der Waals surface area contributed by atoms with Crippen LogP contribution in [0.5, 0.6) is 0 Å². The molecule has 18 heavy (non-hydrogen) atoms. The second-order valence-electron chi connectivity index (χ2n) is 5.75.